The number of aromatic nitrogens is 2. The fraction of sp³-hybridized carbons (Fsp3) is 0.583. The Morgan fingerprint density at radius 1 is 0.897 bits per heavy atom. The zero-order chi connectivity index (χ0) is 19.6. The number of thiocarbonyl (C=S) groups is 1. The molecule has 2 aromatic heterocycles. The zero-order valence-electron chi connectivity index (χ0n) is 17.2. The summed E-state index contributed by atoms with van der Waals surface area (Å²) in [5.74, 6) is 0. The van der Waals surface area contributed by atoms with Crippen LogP contribution in [0.5, 0.6) is 0 Å². The predicted octanol–water partition coefficient (Wildman–Crippen LogP) is 5.69. The van der Waals surface area contributed by atoms with Crippen molar-refractivity contribution in [3.05, 3.63) is 54.1 Å². The summed E-state index contributed by atoms with van der Waals surface area (Å²) < 4.78 is 2.48. The Hall–Kier alpha value is -1.88. The fourth-order valence-corrected chi connectivity index (χ4v) is 6.08. The van der Waals surface area contributed by atoms with E-state index in [1.807, 2.05) is 12.3 Å². The Labute approximate surface area is 179 Å². The monoisotopic (exact) mass is 408 g/mol. The molecular formula is C24H32N4S. The maximum absolute atomic E-state index is 5.89. The van der Waals surface area contributed by atoms with Crippen LogP contribution in [0.15, 0.2) is 42.9 Å². The third-order valence-corrected chi connectivity index (χ3v) is 7.51. The number of hydrogen-bond acceptors (Lipinski definition) is 2. The first-order valence-electron chi connectivity index (χ1n) is 11.5. The lowest BCUT2D eigenvalue weighted by Gasteiger charge is -2.36. The van der Waals surface area contributed by atoms with Crippen molar-refractivity contribution in [1.29, 1.82) is 0 Å². The summed E-state index contributed by atoms with van der Waals surface area (Å²) in [6, 6.07) is 10.1. The van der Waals surface area contributed by atoms with Gasteiger partial charge >= 0.3 is 0 Å². The largest absolute Gasteiger partial charge is 0.352 e. The van der Waals surface area contributed by atoms with Gasteiger partial charge in [-0.15, -0.1) is 0 Å². The van der Waals surface area contributed by atoms with Gasteiger partial charge in [0.05, 0.1) is 17.8 Å². The standard InChI is InChI=1S/C24H32N4S/c29-24-26-22(21-13-7-8-15-25-21)23(28(24)20-11-5-2-6-12-20)18-14-16-27(17-18)19-9-3-1-4-10-19/h7-8,13-17,19-20,22-23H,1-6,9-12H2,(H,26,29)/t22-,23+/m1/s1. The van der Waals surface area contributed by atoms with Crippen molar-refractivity contribution in [3.8, 4) is 0 Å². The Balaban J connectivity index is 1.49. The van der Waals surface area contributed by atoms with Crippen molar-refractivity contribution >= 4 is 17.3 Å². The van der Waals surface area contributed by atoms with E-state index in [2.05, 4.69) is 45.4 Å². The average Bonchev–Trinajstić information content (AvgIpc) is 3.40. The van der Waals surface area contributed by atoms with Crippen molar-refractivity contribution in [3.63, 3.8) is 0 Å². The van der Waals surface area contributed by atoms with E-state index in [0.29, 0.717) is 12.1 Å². The van der Waals surface area contributed by atoms with Crippen LogP contribution in [0.3, 0.4) is 0 Å². The molecule has 3 heterocycles. The molecule has 0 radical (unpaired) electrons. The van der Waals surface area contributed by atoms with E-state index in [1.165, 1.54) is 69.8 Å². The number of nitrogens with one attached hydrogen (secondary N) is 1. The van der Waals surface area contributed by atoms with Gasteiger partial charge in [-0.1, -0.05) is 44.6 Å². The second-order valence-electron chi connectivity index (χ2n) is 9.01. The summed E-state index contributed by atoms with van der Waals surface area (Å²) in [6.07, 6.45) is 19.8. The highest BCUT2D eigenvalue weighted by atomic mass is 32.1. The molecule has 2 atom stereocenters. The molecule has 0 aromatic carbocycles. The maximum Gasteiger partial charge on any atom is 0.170 e. The molecule has 1 aliphatic heterocycles. The molecule has 3 fully saturated rings. The summed E-state index contributed by atoms with van der Waals surface area (Å²) in [4.78, 5) is 7.21. The molecule has 154 valence electrons. The number of pyridine rings is 1. The van der Waals surface area contributed by atoms with Crippen molar-refractivity contribution in [2.45, 2.75) is 88.4 Å². The second kappa shape index (κ2) is 8.47. The van der Waals surface area contributed by atoms with Gasteiger partial charge < -0.3 is 14.8 Å². The van der Waals surface area contributed by atoms with Gasteiger partial charge in [-0.05, 0) is 61.7 Å². The summed E-state index contributed by atoms with van der Waals surface area (Å²) >= 11 is 5.89. The molecule has 5 heteroatoms. The smallest absolute Gasteiger partial charge is 0.170 e. The molecule has 2 aromatic rings. The van der Waals surface area contributed by atoms with Crippen LogP contribution in [0.2, 0.25) is 0 Å². The number of rotatable bonds is 4. The highest BCUT2D eigenvalue weighted by Crippen LogP contribution is 2.43. The van der Waals surface area contributed by atoms with E-state index in [4.69, 9.17) is 17.2 Å². The van der Waals surface area contributed by atoms with E-state index in [1.54, 1.807) is 0 Å². The highest BCUT2D eigenvalue weighted by molar-refractivity contribution is 7.80. The van der Waals surface area contributed by atoms with E-state index in [0.717, 1.165) is 10.8 Å². The molecule has 0 bridgehead atoms. The topological polar surface area (TPSA) is 33.1 Å². The Morgan fingerprint density at radius 2 is 1.62 bits per heavy atom. The molecule has 5 rings (SSSR count). The Morgan fingerprint density at radius 3 is 2.31 bits per heavy atom. The Kier molecular flexibility index (Phi) is 5.58. The lowest BCUT2D eigenvalue weighted by molar-refractivity contribution is 0.197. The molecule has 2 saturated carbocycles. The summed E-state index contributed by atoms with van der Waals surface area (Å²) in [5.41, 5.74) is 2.47. The lowest BCUT2D eigenvalue weighted by atomic mass is 9.91. The van der Waals surface area contributed by atoms with Crippen molar-refractivity contribution in [2.75, 3.05) is 0 Å². The van der Waals surface area contributed by atoms with Gasteiger partial charge in [-0.2, -0.15) is 0 Å². The number of hydrogen-bond donors (Lipinski definition) is 1. The first-order chi connectivity index (χ1) is 14.3. The van der Waals surface area contributed by atoms with Gasteiger partial charge in [0, 0.05) is 30.7 Å². The SMILES string of the molecule is S=C1N[C@H](c2ccccn2)[C@H](c2ccn(C3CCCCC3)c2)N1C1CCCCC1. The minimum absolute atomic E-state index is 0.118. The first-order valence-corrected chi connectivity index (χ1v) is 11.9. The third kappa shape index (κ3) is 3.81. The summed E-state index contributed by atoms with van der Waals surface area (Å²) in [7, 11) is 0. The molecule has 0 spiro atoms. The molecule has 0 unspecified atom stereocenters. The van der Waals surface area contributed by atoms with Crippen LogP contribution in [0, 0.1) is 0 Å². The minimum Gasteiger partial charge on any atom is -0.352 e. The quantitative estimate of drug-likeness (QED) is 0.659. The van der Waals surface area contributed by atoms with Gasteiger partial charge in [-0.25, -0.2) is 0 Å². The second-order valence-corrected chi connectivity index (χ2v) is 9.40. The van der Waals surface area contributed by atoms with Gasteiger partial charge in [0.15, 0.2) is 5.11 Å². The van der Waals surface area contributed by atoms with Crippen molar-refractivity contribution in [2.24, 2.45) is 0 Å². The normalized spacial score (nSPS) is 26.6. The van der Waals surface area contributed by atoms with Crippen molar-refractivity contribution in [1.82, 2.24) is 19.8 Å². The first kappa shape index (κ1) is 19.1. The predicted molar refractivity (Wildman–Crippen MR) is 121 cm³/mol. The van der Waals surface area contributed by atoms with E-state index < -0.39 is 0 Å². The van der Waals surface area contributed by atoms with Gasteiger partial charge in [-0.3, -0.25) is 4.98 Å². The molecule has 0 amide bonds. The van der Waals surface area contributed by atoms with Crippen LogP contribution >= 0.6 is 12.2 Å². The average molecular weight is 409 g/mol. The van der Waals surface area contributed by atoms with Crippen LogP contribution in [-0.4, -0.2) is 25.6 Å². The van der Waals surface area contributed by atoms with Crippen LogP contribution in [0.1, 0.15) is 93.6 Å². The fourth-order valence-electron chi connectivity index (χ4n) is 5.69. The van der Waals surface area contributed by atoms with Crippen LogP contribution in [0.25, 0.3) is 0 Å². The minimum atomic E-state index is 0.118. The van der Waals surface area contributed by atoms with Crippen molar-refractivity contribution < 1.29 is 0 Å². The summed E-state index contributed by atoms with van der Waals surface area (Å²) in [6.45, 7) is 0. The van der Waals surface area contributed by atoms with Crippen LogP contribution in [-0.2, 0) is 0 Å². The van der Waals surface area contributed by atoms with E-state index in [-0.39, 0.29) is 12.1 Å². The molecule has 1 N–H and O–H groups in total. The molecule has 2 aliphatic carbocycles. The molecule has 29 heavy (non-hydrogen) atoms. The third-order valence-electron chi connectivity index (χ3n) is 7.18. The zero-order valence-corrected chi connectivity index (χ0v) is 18.0. The van der Waals surface area contributed by atoms with E-state index >= 15 is 0 Å². The lowest BCUT2D eigenvalue weighted by Crippen LogP contribution is -2.40. The highest BCUT2D eigenvalue weighted by Gasteiger charge is 2.43. The van der Waals surface area contributed by atoms with E-state index in [9.17, 15) is 0 Å². The Bertz CT molecular complexity index is 820. The summed E-state index contributed by atoms with van der Waals surface area (Å²) in [5, 5.41) is 4.55. The number of nitrogens with zero attached hydrogens (tertiary/aromatic N) is 3. The van der Waals surface area contributed by atoms with Gasteiger partial charge in [0.1, 0.15) is 0 Å². The maximum atomic E-state index is 5.89. The molecule has 1 saturated heterocycles. The van der Waals surface area contributed by atoms with Crippen LogP contribution < -0.4 is 5.32 Å². The van der Waals surface area contributed by atoms with Gasteiger partial charge in [0.25, 0.3) is 0 Å². The molecular weight excluding hydrogens is 376 g/mol. The molecule has 4 nitrogen and oxygen atoms in total. The molecule has 3 aliphatic rings. The van der Waals surface area contributed by atoms with Gasteiger partial charge in [0.2, 0.25) is 0 Å². The van der Waals surface area contributed by atoms with Crippen LogP contribution in [0.4, 0.5) is 0 Å².